The first-order valence-electron chi connectivity index (χ1n) is 8.40. The fourth-order valence-electron chi connectivity index (χ4n) is 2.34. The molecule has 0 amide bonds. The van der Waals surface area contributed by atoms with Crippen LogP contribution in [0.15, 0.2) is 17.5 Å². The summed E-state index contributed by atoms with van der Waals surface area (Å²) in [6, 6.07) is 3.70. The van der Waals surface area contributed by atoms with Crippen molar-refractivity contribution >= 4 is 39.1 Å². The van der Waals surface area contributed by atoms with Crippen LogP contribution < -0.4 is 0 Å². The number of carbonyl (C=O) groups is 3. The quantitative estimate of drug-likeness (QED) is 0.490. The van der Waals surface area contributed by atoms with Crippen LogP contribution in [0.5, 0.6) is 0 Å². The molecule has 1 aliphatic rings. The van der Waals surface area contributed by atoms with Crippen LogP contribution in [0.3, 0.4) is 0 Å². The van der Waals surface area contributed by atoms with Crippen LogP contribution in [0.2, 0.25) is 0 Å². The summed E-state index contributed by atoms with van der Waals surface area (Å²) in [5, 5.41) is 16.7. The topological polar surface area (TPSA) is 132 Å². The smallest absolute Gasteiger partial charge is 0.414 e. The molecule has 2 heterocycles. The molecule has 2 rings (SSSR count). The van der Waals surface area contributed by atoms with E-state index in [4.69, 9.17) is 19.8 Å². The number of carboxylic acid groups (broad SMARTS) is 2. The van der Waals surface area contributed by atoms with Crippen LogP contribution in [0.4, 0.5) is 0 Å². The first-order chi connectivity index (χ1) is 12.7. The average molecular weight is 421 g/mol. The molecule has 2 N–H and O–H groups in total. The third kappa shape index (κ3) is 8.16. The highest BCUT2D eigenvalue weighted by Gasteiger charge is 2.27. The number of hydrogen-bond donors (Lipinski definition) is 2. The Labute approximate surface area is 162 Å². The maximum absolute atomic E-state index is 12.1. The monoisotopic (exact) mass is 420 g/mol. The fraction of sp³-hybridized carbons (Fsp3) is 0.562. The molecule has 152 valence electrons. The average Bonchev–Trinajstić information content (AvgIpc) is 3.16. The highest BCUT2D eigenvalue weighted by Crippen LogP contribution is 2.13. The van der Waals surface area contributed by atoms with E-state index in [9.17, 15) is 13.2 Å². The Kier molecular flexibility index (Phi) is 9.56. The highest BCUT2D eigenvalue weighted by atomic mass is 32.2. The van der Waals surface area contributed by atoms with Crippen LogP contribution >= 0.6 is 11.3 Å². The van der Waals surface area contributed by atoms with Gasteiger partial charge >= 0.3 is 11.9 Å². The van der Waals surface area contributed by atoms with Gasteiger partial charge in [-0.2, -0.15) is 4.31 Å². The van der Waals surface area contributed by atoms with Gasteiger partial charge in [-0.05, 0) is 17.9 Å². The molecule has 1 fully saturated rings. The zero-order valence-corrected chi connectivity index (χ0v) is 16.7. The van der Waals surface area contributed by atoms with Crippen molar-refractivity contribution in [3.63, 3.8) is 0 Å². The zero-order valence-electron chi connectivity index (χ0n) is 15.0. The van der Waals surface area contributed by atoms with Gasteiger partial charge in [0.15, 0.2) is 5.78 Å². The molecule has 0 aromatic carbocycles. The van der Waals surface area contributed by atoms with Crippen molar-refractivity contribution in [2.45, 2.75) is 19.8 Å². The summed E-state index contributed by atoms with van der Waals surface area (Å²) < 4.78 is 25.8. The number of aliphatic carboxylic acids is 2. The Hall–Kier alpha value is -1.82. The van der Waals surface area contributed by atoms with Gasteiger partial charge in [0.25, 0.3) is 0 Å². The lowest BCUT2D eigenvalue weighted by Crippen LogP contribution is -2.50. The van der Waals surface area contributed by atoms with Gasteiger partial charge in [-0.15, -0.1) is 11.3 Å². The largest absolute Gasteiger partial charge is 0.473 e. The molecule has 11 heteroatoms. The van der Waals surface area contributed by atoms with Crippen LogP contribution in [-0.2, 0) is 19.6 Å². The number of ketones is 1. The standard InChI is InChI=1S/C14H22N2O3S2.C2H2O4/c1-2-3-11-21(18,19)16-8-6-15(7-9-16)12-13(17)14-5-4-10-20-14;3-1(4)2(5)6/h4-5,10H,2-3,6-9,11-12H2,1H3;(H,3,4)(H,5,6). The molecule has 1 saturated heterocycles. The van der Waals surface area contributed by atoms with Gasteiger partial charge in [0.1, 0.15) is 0 Å². The number of rotatable bonds is 7. The molecule has 1 aromatic rings. The molecule has 27 heavy (non-hydrogen) atoms. The van der Waals surface area contributed by atoms with Crippen LogP contribution in [0.1, 0.15) is 29.4 Å². The number of hydrogen-bond acceptors (Lipinski definition) is 7. The summed E-state index contributed by atoms with van der Waals surface area (Å²) in [7, 11) is -3.12. The van der Waals surface area contributed by atoms with Gasteiger partial charge in [0.05, 0.1) is 17.2 Å². The molecule has 0 spiro atoms. The summed E-state index contributed by atoms with van der Waals surface area (Å²) in [6.07, 6.45) is 1.59. The van der Waals surface area contributed by atoms with Crippen molar-refractivity contribution in [1.29, 1.82) is 0 Å². The minimum absolute atomic E-state index is 0.118. The Bertz CT molecular complexity index is 712. The molecule has 1 aromatic heterocycles. The van der Waals surface area contributed by atoms with E-state index in [1.54, 1.807) is 4.31 Å². The second-order valence-corrected chi connectivity index (χ2v) is 8.89. The number of thiophene rings is 1. The highest BCUT2D eigenvalue weighted by molar-refractivity contribution is 7.89. The third-order valence-corrected chi connectivity index (χ3v) is 6.69. The Morgan fingerprint density at radius 2 is 1.70 bits per heavy atom. The Morgan fingerprint density at radius 3 is 2.15 bits per heavy atom. The minimum atomic E-state index is -3.12. The van der Waals surface area contributed by atoms with E-state index >= 15 is 0 Å². The summed E-state index contributed by atoms with van der Waals surface area (Å²) in [5.41, 5.74) is 0. The predicted octanol–water partition coefficient (Wildman–Crippen LogP) is 0.834. The lowest BCUT2D eigenvalue weighted by molar-refractivity contribution is -0.159. The van der Waals surface area contributed by atoms with Crippen molar-refractivity contribution in [3.8, 4) is 0 Å². The number of unbranched alkanes of at least 4 members (excludes halogenated alkanes) is 1. The van der Waals surface area contributed by atoms with Crippen LogP contribution in [-0.4, -0.2) is 84.0 Å². The van der Waals surface area contributed by atoms with E-state index in [0.29, 0.717) is 39.1 Å². The van der Waals surface area contributed by atoms with Gasteiger partial charge in [0.2, 0.25) is 10.0 Å². The first kappa shape index (κ1) is 23.2. The van der Waals surface area contributed by atoms with Gasteiger partial charge in [-0.1, -0.05) is 19.4 Å². The zero-order chi connectivity index (χ0) is 20.4. The molecule has 1 aliphatic heterocycles. The molecule has 0 bridgehead atoms. The minimum Gasteiger partial charge on any atom is -0.473 e. The van der Waals surface area contributed by atoms with E-state index in [2.05, 4.69) is 0 Å². The second kappa shape index (κ2) is 11.1. The molecule has 0 saturated carbocycles. The molecule has 0 unspecified atom stereocenters. The molecular formula is C16H24N2O7S2. The SMILES string of the molecule is CCCCS(=O)(=O)N1CCN(CC(=O)c2cccs2)CC1.O=C(O)C(=O)O. The van der Waals surface area contributed by atoms with Gasteiger partial charge in [-0.25, -0.2) is 18.0 Å². The van der Waals surface area contributed by atoms with Crippen molar-refractivity contribution in [1.82, 2.24) is 9.21 Å². The lowest BCUT2D eigenvalue weighted by Gasteiger charge is -2.33. The van der Waals surface area contributed by atoms with Crippen molar-refractivity contribution in [2.24, 2.45) is 0 Å². The summed E-state index contributed by atoms with van der Waals surface area (Å²) >= 11 is 1.45. The number of carboxylic acids is 2. The van der Waals surface area contributed by atoms with E-state index < -0.39 is 22.0 Å². The van der Waals surface area contributed by atoms with Crippen LogP contribution in [0.25, 0.3) is 0 Å². The Morgan fingerprint density at radius 1 is 1.11 bits per heavy atom. The Balaban J connectivity index is 0.000000527. The summed E-state index contributed by atoms with van der Waals surface area (Å²) in [5.74, 6) is -3.30. The molecule has 9 nitrogen and oxygen atoms in total. The molecule has 0 radical (unpaired) electrons. The van der Waals surface area contributed by atoms with E-state index in [-0.39, 0.29) is 11.5 Å². The van der Waals surface area contributed by atoms with Crippen molar-refractivity contribution in [2.75, 3.05) is 38.5 Å². The first-order valence-corrected chi connectivity index (χ1v) is 10.9. The second-order valence-electron chi connectivity index (χ2n) is 5.86. The molecular weight excluding hydrogens is 396 g/mol. The number of Topliss-reactive ketones (excluding diaryl/α,β-unsaturated/α-hetero) is 1. The van der Waals surface area contributed by atoms with E-state index in [0.717, 1.165) is 11.3 Å². The molecule has 0 aliphatic carbocycles. The fourth-order valence-corrected chi connectivity index (χ4v) is 4.63. The maximum Gasteiger partial charge on any atom is 0.414 e. The van der Waals surface area contributed by atoms with Gasteiger partial charge in [-0.3, -0.25) is 9.69 Å². The van der Waals surface area contributed by atoms with Gasteiger partial charge in [0, 0.05) is 26.2 Å². The number of nitrogens with zero attached hydrogens (tertiary/aromatic N) is 2. The van der Waals surface area contributed by atoms with E-state index in [1.165, 1.54) is 11.3 Å². The number of sulfonamides is 1. The summed E-state index contributed by atoms with van der Waals surface area (Å²) in [4.78, 5) is 33.0. The molecule has 0 atom stereocenters. The van der Waals surface area contributed by atoms with Crippen molar-refractivity contribution < 1.29 is 33.0 Å². The third-order valence-electron chi connectivity index (χ3n) is 3.83. The van der Waals surface area contributed by atoms with Crippen molar-refractivity contribution in [3.05, 3.63) is 22.4 Å². The predicted molar refractivity (Wildman–Crippen MR) is 101 cm³/mol. The van der Waals surface area contributed by atoms with Crippen LogP contribution in [0, 0.1) is 0 Å². The summed E-state index contributed by atoms with van der Waals surface area (Å²) in [6.45, 7) is 4.60. The normalized spacial score (nSPS) is 15.6. The lowest BCUT2D eigenvalue weighted by atomic mass is 10.2. The maximum atomic E-state index is 12.1. The number of piperazine rings is 1. The van der Waals surface area contributed by atoms with Gasteiger partial charge < -0.3 is 10.2 Å². The van der Waals surface area contributed by atoms with E-state index in [1.807, 2.05) is 29.3 Å². The number of carbonyl (C=O) groups excluding carboxylic acids is 1.